The summed E-state index contributed by atoms with van der Waals surface area (Å²) in [5, 5.41) is 8.23. The Hall–Kier alpha value is -2.16. The molecule has 0 aliphatic rings. The van der Waals surface area contributed by atoms with Crippen LogP contribution >= 0.6 is 0 Å². The number of unbranched alkanes of at least 4 members (excludes halogenated alkanes) is 14. The average molecular weight is 703 g/mol. The number of amides is 3. The number of carbonyl (C=O) groups excluding carboxylic acids is 4. The standard InChI is InChI=1S/C36H68N3O10/c1-2-3-4-5-6-7-8-9-10-11-12-13-14-15-16-17-34(41)37-18-22-45-28-30-48-33-36(43)39-20-24-46-29-31-49-32-35(42)38-19-23-44-26-27-47-25-21-40/h2-20,22-33H2,1H3,(H,37,41)(H,38,42)(H,39,43). The topological polar surface area (TPSA) is 160 Å². The molecule has 0 spiro atoms. The van der Waals surface area contributed by atoms with Crippen LogP contribution in [-0.2, 0) is 47.6 Å². The van der Waals surface area contributed by atoms with Crippen molar-refractivity contribution in [3.05, 3.63) is 0 Å². The van der Waals surface area contributed by atoms with E-state index in [1.54, 1.807) is 6.29 Å². The first-order chi connectivity index (χ1) is 24.1. The summed E-state index contributed by atoms with van der Waals surface area (Å²) in [6.45, 7) is 5.98. The zero-order chi connectivity index (χ0) is 35.7. The summed E-state index contributed by atoms with van der Waals surface area (Å²) in [5.74, 6) is -0.446. The van der Waals surface area contributed by atoms with Crippen LogP contribution < -0.4 is 16.0 Å². The lowest BCUT2D eigenvalue weighted by Gasteiger charge is -2.09. The minimum atomic E-state index is -0.263. The van der Waals surface area contributed by atoms with Crippen LogP contribution in [-0.4, -0.2) is 123 Å². The maximum Gasteiger partial charge on any atom is 0.246 e. The van der Waals surface area contributed by atoms with Crippen LogP contribution in [0.4, 0.5) is 0 Å². The van der Waals surface area contributed by atoms with Crippen LogP contribution in [0.1, 0.15) is 110 Å². The highest BCUT2D eigenvalue weighted by atomic mass is 16.5. The SMILES string of the molecule is CCCCCCCCCCCCCCCCCC(=O)NCCOCCOCC(=O)NCCOCCOCC(=O)NCCOCCOC[C]=O. The Balaban J connectivity index is 3.30. The molecule has 0 aliphatic heterocycles. The molecule has 49 heavy (non-hydrogen) atoms. The number of nitrogens with one attached hydrogen (secondary N) is 3. The molecule has 0 bridgehead atoms. The van der Waals surface area contributed by atoms with Gasteiger partial charge in [0, 0.05) is 26.1 Å². The van der Waals surface area contributed by atoms with Crippen molar-refractivity contribution in [1.82, 2.24) is 16.0 Å². The smallest absolute Gasteiger partial charge is 0.246 e. The van der Waals surface area contributed by atoms with Gasteiger partial charge >= 0.3 is 0 Å². The Morgan fingerprint density at radius 1 is 0.429 bits per heavy atom. The van der Waals surface area contributed by atoms with E-state index < -0.39 is 0 Å². The summed E-state index contributed by atoms with van der Waals surface area (Å²) >= 11 is 0. The van der Waals surface area contributed by atoms with Crippen molar-refractivity contribution in [2.24, 2.45) is 0 Å². The Morgan fingerprint density at radius 2 is 0.776 bits per heavy atom. The molecule has 0 heterocycles. The first-order valence-electron chi connectivity index (χ1n) is 18.7. The Kier molecular flexibility index (Phi) is 38.5. The lowest BCUT2D eigenvalue weighted by atomic mass is 10.0. The molecule has 0 atom stereocenters. The molecule has 13 nitrogen and oxygen atoms in total. The summed E-state index contributed by atoms with van der Waals surface area (Å²) < 4.78 is 31.5. The predicted octanol–water partition coefficient (Wildman–Crippen LogP) is 3.81. The van der Waals surface area contributed by atoms with Crippen molar-refractivity contribution >= 4 is 24.0 Å². The second-order valence-corrected chi connectivity index (χ2v) is 11.9. The second kappa shape index (κ2) is 40.3. The van der Waals surface area contributed by atoms with Gasteiger partial charge in [-0.2, -0.15) is 0 Å². The third-order valence-corrected chi connectivity index (χ3v) is 7.46. The van der Waals surface area contributed by atoms with Gasteiger partial charge in [0.25, 0.3) is 0 Å². The van der Waals surface area contributed by atoms with Crippen LogP contribution in [0.3, 0.4) is 0 Å². The van der Waals surface area contributed by atoms with Gasteiger partial charge in [-0.05, 0) is 6.42 Å². The van der Waals surface area contributed by atoms with Gasteiger partial charge in [-0.15, -0.1) is 0 Å². The summed E-state index contributed by atoms with van der Waals surface area (Å²) in [5.41, 5.74) is 0. The van der Waals surface area contributed by atoms with E-state index in [0.717, 1.165) is 12.8 Å². The highest BCUT2D eigenvalue weighted by Gasteiger charge is 2.04. The average Bonchev–Trinajstić information content (AvgIpc) is 3.10. The molecule has 0 saturated carbocycles. The lowest BCUT2D eigenvalue weighted by Crippen LogP contribution is -2.32. The van der Waals surface area contributed by atoms with Gasteiger partial charge in [-0.25, -0.2) is 0 Å². The summed E-state index contributed by atoms with van der Waals surface area (Å²) in [4.78, 5) is 45.4. The number of hydrogen-bond acceptors (Lipinski definition) is 10. The van der Waals surface area contributed by atoms with Crippen molar-refractivity contribution < 1.29 is 47.6 Å². The molecule has 3 amide bonds. The van der Waals surface area contributed by atoms with E-state index in [0.29, 0.717) is 65.7 Å². The van der Waals surface area contributed by atoms with Crippen LogP contribution in [0, 0.1) is 0 Å². The molecule has 13 heteroatoms. The molecule has 0 saturated heterocycles. The molecular weight excluding hydrogens is 634 g/mol. The van der Waals surface area contributed by atoms with Gasteiger partial charge in [0.15, 0.2) is 0 Å². The lowest BCUT2D eigenvalue weighted by molar-refractivity contribution is -0.127. The maximum absolute atomic E-state index is 12.0. The molecule has 0 unspecified atom stereocenters. The van der Waals surface area contributed by atoms with E-state index in [2.05, 4.69) is 22.9 Å². The number of hydrogen-bond donors (Lipinski definition) is 3. The van der Waals surface area contributed by atoms with Crippen molar-refractivity contribution in [2.75, 3.05) is 98.9 Å². The van der Waals surface area contributed by atoms with Gasteiger partial charge in [0.1, 0.15) is 19.8 Å². The molecule has 287 valence electrons. The summed E-state index contributed by atoms with van der Waals surface area (Å²) in [6, 6.07) is 0. The van der Waals surface area contributed by atoms with Crippen molar-refractivity contribution in [3.8, 4) is 0 Å². The number of ether oxygens (including phenoxy) is 6. The minimum Gasteiger partial charge on any atom is -0.377 e. The molecule has 0 rings (SSSR count). The third kappa shape index (κ3) is 40.2. The Bertz CT molecular complexity index is 761. The first-order valence-corrected chi connectivity index (χ1v) is 18.7. The van der Waals surface area contributed by atoms with E-state index >= 15 is 0 Å². The molecule has 0 aromatic heterocycles. The minimum absolute atomic E-state index is 0.0689. The van der Waals surface area contributed by atoms with Crippen LogP contribution in [0.25, 0.3) is 0 Å². The highest BCUT2D eigenvalue weighted by Crippen LogP contribution is 2.13. The van der Waals surface area contributed by atoms with Gasteiger partial charge in [0.2, 0.25) is 24.0 Å². The van der Waals surface area contributed by atoms with E-state index in [1.807, 2.05) is 0 Å². The zero-order valence-corrected chi connectivity index (χ0v) is 30.5. The van der Waals surface area contributed by atoms with E-state index in [9.17, 15) is 19.2 Å². The number of carbonyl (C=O) groups is 3. The van der Waals surface area contributed by atoms with Gasteiger partial charge < -0.3 is 44.4 Å². The van der Waals surface area contributed by atoms with Crippen molar-refractivity contribution in [1.29, 1.82) is 0 Å². The van der Waals surface area contributed by atoms with Crippen molar-refractivity contribution in [3.63, 3.8) is 0 Å². The summed E-state index contributed by atoms with van der Waals surface area (Å²) in [6.07, 6.45) is 21.8. The largest absolute Gasteiger partial charge is 0.377 e. The fraction of sp³-hybridized carbons (Fsp3) is 0.889. The predicted molar refractivity (Wildman–Crippen MR) is 189 cm³/mol. The molecule has 1 radical (unpaired) electrons. The molecular formula is C36H68N3O10. The van der Waals surface area contributed by atoms with E-state index in [-0.39, 0.29) is 57.4 Å². The maximum atomic E-state index is 12.0. The summed E-state index contributed by atoms with van der Waals surface area (Å²) in [7, 11) is 0. The van der Waals surface area contributed by atoms with Crippen molar-refractivity contribution in [2.45, 2.75) is 110 Å². The molecule has 3 N–H and O–H groups in total. The molecule has 0 aliphatic carbocycles. The highest BCUT2D eigenvalue weighted by molar-refractivity contribution is 5.77. The monoisotopic (exact) mass is 702 g/mol. The third-order valence-electron chi connectivity index (χ3n) is 7.46. The fourth-order valence-corrected chi connectivity index (χ4v) is 4.74. The quantitative estimate of drug-likeness (QED) is 0.0802. The number of rotatable bonds is 40. The van der Waals surface area contributed by atoms with E-state index in [4.69, 9.17) is 28.4 Å². The van der Waals surface area contributed by atoms with Crippen LogP contribution in [0.2, 0.25) is 0 Å². The Labute approximate surface area is 295 Å². The van der Waals surface area contributed by atoms with Gasteiger partial charge in [-0.1, -0.05) is 96.8 Å². The fourth-order valence-electron chi connectivity index (χ4n) is 4.74. The van der Waals surface area contributed by atoms with Gasteiger partial charge in [0.05, 0.1) is 59.5 Å². The Morgan fingerprint density at radius 3 is 1.18 bits per heavy atom. The first kappa shape index (κ1) is 46.8. The molecule has 0 aromatic carbocycles. The van der Waals surface area contributed by atoms with E-state index in [1.165, 1.54) is 83.5 Å². The molecule has 0 fully saturated rings. The van der Waals surface area contributed by atoms with Crippen LogP contribution in [0.5, 0.6) is 0 Å². The molecule has 0 aromatic rings. The van der Waals surface area contributed by atoms with Gasteiger partial charge in [-0.3, -0.25) is 19.2 Å². The second-order valence-electron chi connectivity index (χ2n) is 11.9. The zero-order valence-electron chi connectivity index (χ0n) is 30.5. The normalized spacial score (nSPS) is 11.0. The van der Waals surface area contributed by atoms with Crippen LogP contribution in [0.15, 0.2) is 0 Å².